The van der Waals surface area contributed by atoms with Crippen LogP contribution in [0.25, 0.3) is 0 Å². The highest BCUT2D eigenvalue weighted by Gasteiger charge is 2.37. The van der Waals surface area contributed by atoms with E-state index in [2.05, 4.69) is 16.8 Å². The summed E-state index contributed by atoms with van der Waals surface area (Å²) in [6, 6.07) is 5.48. The van der Waals surface area contributed by atoms with Crippen LogP contribution < -0.4 is 9.47 Å². The molecular formula is C21H33F2N3O3. The first-order valence-electron chi connectivity index (χ1n) is 10.3. The highest BCUT2D eigenvalue weighted by Crippen LogP contribution is 2.31. The van der Waals surface area contributed by atoms with Gasteiger partial charge in [-0.2, -0.15) is 0 Å². The number of hydrogen-bond acceptors (Lipinski definition) is 6. The third-order valence-electron chi connectivity index (χ3n) is 5.60. The van der Waals surface area contributed by atoms with E-state index >= 15 is 0 Å². The van der Waals surface area contributed by atoms with Crippen molar-refractivity contribution < 1.29 is 23.4 Å². The minimum atomic E-state index is -2.60. The summed E-state index contributed by atoms with van der Waals surface area (Å²) >= 11 is 0. The number of ether oxygens (including phenoxy) is 2. The molecule has 0 amide bonds. The molecule has 1 aromatic carbocycles. The number of rotatable bonds is 8. The number of nitrogens with zero attached hydrogens (tertiary/aromatic N) is 3. The van der Waals surface area contributed by atoms with Gasteiger partial charge in [0.1, 0.15) is 12.7 Å². The molecule has 0 radical (unpaired) electrons. The molecule has 2 fully saturated rings. The Morgan fingerprint density at radius 2 is 1.93 bits per heavy atom. The van der Waals surface area contributed by atoms with Crippen LogP contribution in [0.5, 0.6) is 11.5 Å². The second-order valence-corrected chi connectivity index (χ2v) is 8.22. The molecule has 0 aliphatic carbocycles. The molecule has 8 heteroatoms. The van der Waals surface area contributed by atoms with Crippen LogP contribution in [-0.2, 0) is 6.54 Å². The van der Waals surface area contributed by atoms with Crippen molar-refractivity contribution in [1.82, 2.24) is 14.7 Å². The Morgan fingerprint density at radius 1 is 1.10 bits per heavy atom. The van der Waals surface area contributed by atoms with Crippen molar-refractivity contribution in [2.75, 3.05) is 66.6 Å². The topological polar surface area (TPSA) is 48.4 Å². The average Bonchev–Trinajstić information content (AvgIpc) is 2.88. The number of methoxy groups -OCH3 is 1. The quantitative estimate of drug-likeness (QED) is 0.703. The van der Waals surface area contributed by atoms with Gasteiger partial charge in [-0.3, -0.25) is 9.80 Å². The Balaban J connectivity index is 1.53. The zero-order valence-electron chi connectivity index (χ0n) is 17.4. The second-order valence-electron chi connectivity index (χ2n) is 8.22. The van der Waals surface area contributed by atoms with Gasteiger partial charge in [0, 0.05) is 39.1 Å². The van der Waals surface area contributed by atoms with Gasteiger partial charge in [-0.15, -0.1) is 0 Å². The average molecular weight is 414 g/mol. The molecule has 29 heavy (non-hydrogen) atoms. The first kappa shape index (κ1) is 22.2. The number of alkyl halides is 2. The lowest BCUT2D eigenvalue weighted by atomic mass is 10.2. The molecule has 1 atom stereocenters. The van der Waals surface area contributed by atoms with Gasteiger partial charge >= 0.3 is 0 Å². The van der Waals surface area contributed by atoms with Gasteiger partial charge in [-0.25, -0.2) is 8.78 Å². The monoisotopic (exact) mass is 413 g/mol. The van der Waals surface area contributed by atoms with Crippen molar-refractivity contribution in [2.24, 2.45) is 0 Å². The fourth-order valence-corrected chi connectivity index (χ4v) is 3.95. The number of aliphatic hydroxyl groups is 1. The van der Waals surface area contributed by atoms with E-state index in [0.29, 0.717) is 31.1 Å². The lowest BCUT2D eigenvalue weighted by Crippen LogP contribution is -2.37. The van der Waals surface area contributed by atoms with E-state index in [4.69, 9.17) is 9.47 Å². The number of likely N-dealkylation sites (N-methyl/N-ethyl adjacent to an activating group) is 1. The molecule has 1 unspecified atom stereocenters. The smallest absolute Gasteiger partial charge is 0.261 e. The fourth-order valence-electron chi connectivity index (χ4n) is 3.95. The Morgan fingerprint density at radius 3 is 2.66 bits per heavy atom. The normalized spacial score (nSPS) is 22.4. The summed E-state index contributed by atoms with van der Waals surface area (Å²) in [5.74, 6) is -1.49. The molecule has 0 spiro atoms. The van der Waals surface area contributed by atoms with Crippen molar-refractivity contribution >= 4 is 0 Å². The first-order valence-corrected chi connectivity index (χ1v) is 10.3. The number of halogens is 2. The summed E-state index contributed by atoms with van der Waals surface area (Å²) in [5.41, 5.74) is 0.892. The van der Waals surface area contributed by atoms with Crippen molar-refractivity contribution in [3.05, 3.63) is 23.8 Å². The SMILES string of the molecule is COc1ccc(CN2CCC(F)(F)C2)cc1OCC(O)CN1CCCN(C)CC1. The Labute approximate surface area is 172 Å². The number of likely N-dealkylation sites (tertiary alicyclic amines) is 1. The van der Waals surface area contributed by atoms with E-state index in [-0.39, 0.29) is 19.6 Å². The van der Waals surface area contributed by atoms with Gasteiger partial charge in [-0.1, -0.05) is 6.07 Å². The van der Waals surface area contributed by atoms with Gasteiger partial charge in [0.2, 0.25) is 0 Å². The molecule has 0 aromatic heterocycles. The van der Waals surface area contributed by atoms with Crippen LogP contribution in [0.3, 0.4) is 0 Å². The van der Waals surface area contributed by atoms with Crippen molar-refractivity contribution in [3.63, 3.8) is 0 Å². The van der Waals surface area contributed by atoms with Crippen LogP contribution >= 0.6 is 0 Å². The molecule has 1 N–H and O–H groups in total. The summed E-state index contributed by atoms with van der Waals surface area (Å²) in [6.07, 6.45) is 0.393. The maximum Gasteiger partial charge on any atom is 0.261 e. The second kappa shape index (κ2) is 10.0. The molecular weight excluding hydrogens is 380 g/mol. The van der Waals surface area contributed by atoms with E-state index in [1.54, 1.807) is 18.1 Å². The molecule has 0 saturated carbocycles. The van der Waals surface area contributed by atoms with Gasteiger partial charge in [-0.05, 0) is 44.3 Å². The number of benzene rings is 1. The Bertz CT molecular complexity index is 662. The van der Waals surface area contributed by atoms with Crippen molar-refractivity contribution in [2.45, 2.75) is 31.4 Å². The third kappa shape index (κ3) is 6.77. The highest BCUT2D eigenvalue weighted by molar-refractivity contribution is 5.43. The number of β-amino-alcohol motifs (C(OH)–C–C–N with tert-alkyl or cyclic N) is 1. The van der Waals surface area contributed by atoms with Crippen molar-refractivity contribution in [1.29, 1.82) is 0 Å². The maximum absolute atomic E-state index is 13.4. The van der Waals surface area contributed by atoms with Crippen molar-refractivity contribution in [3.8, 4) is 11.5 Å². The molecule has 6 nitrogen and oxygen atoms in total. The van der Waals surface area contributed by atoms with Crippen LogP contribution in [0.15, 0.2) is 18.2 Å². The minimum Gasteiger partial charge on any atom is -0.493 e. The van der Waals surface area contributed by atoms with Gasteiger partial charge in [0.05, 0.1) is 13.7 Å². The van der Waals surface area contributed by atoms with Crippen LogP contribution in [0.2, 0.25) is 0 Å². The predicted molar refractivity (Wildman–Crippen MR) is 108 cm³/mol. The zero-order chi connectivity index (χ0) is 20.9. The largest absolute Gasteiger partial charge is 0.493 e. The minimum absolute atomic E-state index is 0.0923. The Kier molecular flexibility index (Phi) is 7.67. The first-order chi connectivity index (χ1) is 13.8. The lowest BCUT2D eigenvalue weighted by Gasteiger charge is -2.24. The van der Waals surface area contributed by atoms with Crippen LogP contribution in [0, 0.1) is 0 Å². The van der Waals surface area contributed by atoms with Gasteiger partial charge in [0.15, 0.2) is 11.5 Å². The molecule has 3 rings (SSSR count). The summed E-state index contributed by atoms with van der Waals surface area (Å²) in [7, 11) is 3.68. The Hall–Kier alpha value is -1.48. The van der Waals surface area contributed by atoms with E-state index in [1.807, 2.05) is 12.1 Å². The molecule has 2 aliphatic heterocycles. The molecule has 0 bridgehead atoms. The lowest BCUT2D eigenvalue weighted by molar-refractivity contribution is 0.0115. The van der Waals surface area contributed by atoms with E-state index in [9.17, 15) is 13.9 Å². The molecule has 1 aromatic rings. The van der Waals surface area contributed by atoms with Crippen LogP contribution in [0.4, 0.5) is 8.78 Å². The van der Waals surface area contributed by atoms with Gasteiger partial charge < -0.3 is 19.5 Å². The van der Waals surface area contributed by atoms with E-state index < -0.39 is 12.0 Å². The van der Waals surface area contributed by atoms with Gasteiger partial charge in [0.25, 0.3) is 5.92 Å². The highest BCUT2D eigenvalue weighted by atomic mass is 19.3. The molecule has 2 aliphatic rings. The predicted octanol–water partition coefficient (Wildman–Crippen LogP) is 1.91. The summed E-state index contributed by atoms with van der Waals surface area (Å²) in [5, 5.41) is 10.4. The summed E-state index contributed by atoms with van der Waals surface area (Å²) < 4.78 is 38.1. The van der Waals surface area contributed by atoms with E-state index in [1.165, 1.54) is 0 Å². The standard InChI is InChI=1S/C21H33F2N3O3/c1-24-7-3-8-25(11-10-24)14-18(27)15-29-20-12-17(4-5-19(20)28-2)13-26-9-6-21(22,23)16-26/h4-5,12,18,27H,3,6-11,13-16H2,1-2H3. The maximum atomic E-state index is 13.4. The number of hydrogen-bond donors (Lipinski definition) is 1. The fraction of sp³-hybridized carbons (Fsp3) is 0.714. The zero-order valence-corrected chi connectivity index (χ0v) is 17.4. The summed E-state index contributed by atoms with van der Waals surface area (Å²) in [4.78, 5) is 6.31. The van der Waals surface area contributed by atoms with Crippen LogP contribution in [-0.4, -0.2) is 98.4 Å². The van der Waals surface area contributed by atoms with Crippen LogP contribution in [0.1, 0.15) is 18.4 Å². The third-order valence-corrected chi connectivity index (χ3v) is 5.60. The summed E-state index contributed by atoms with van der Waals surface area (Å²) in [6.45, 7) is 5.34. The van der Waals surface area contributed by atoms with E-state index in [0.717, 1.165) is 38.2 Å². The molecule has 2 saturated heterocycles. The number of aliphatic hydroxyl groups excluding tert-OH is 1. The molecule has 2 heterocycles. The molecule has 164 valence electrons.